The van der Waals surface area contributed by atoms with Crippen LogP contribution in [-0.4, -0.2) is 39.8 Å². The molecule has 43 heavy (non-hydrogen) atoms. The number of carbonyl (C=O) groups is 2. The molecule has 3 heterocycles. The summed E-state index contributed by atoms with van der Waals surface area (Å²) >= 11 is 1.90. The van der Waals surface area contributed by atoms with Crippen LogP contribution in [-0.2, 0) is 16.0 Å². The maximum absolute atomic E-state index is 14.3. The monoisotopic (exact) mass is 580 g/mol. The summed E-state index contributed by atoms with van der Waals surface area (Å²) in [5, 5.41) is 7.99. The molecular weight excluding hydrogens is 548 g/mol. The first-order valence-electron chi connectivity index (χ1n) is 15.0. The van der Waals surface area contributed by atoms with Crippen molar-refractivity contribution in [2.75, 3.05) is 16.9 Å². The Morgan fingerprint density at radius 1 is 0.860 bits per heavy atom. The highest BCUT2D eigenvalue weighted by atomic mass is 32.2. The van der Waals surface area contributed by atoms with Gasteiger partial charge in [0.25, 0.3) is 0 Å². The van der Waals surface area contributed by atoms with Gasteiger partial charge >= 0.3 is 0 Å². The van der Waals surface area contributed by atoms with Crippen LogP contribution < -0.4 is 5.32 Å². The lowest BCUT2D eigenvalue weighted by Crippen LogP contribution is -2.60. The fourth-order valence-electron chi connectivity index (χ4n) is 7.82. The van der Waals surface area contributed by atoms with Crippen molar-refractivity contribution in [2.45, 2.75) is 30.3 Å². The van der Waals surface area contributed by atoms with Gasteiger partial charge in [0.05, 0.1) is 0 Å². The van der Waals surface area contributed by atoms with Crippen LogP contribution in [0.3, 0.4) is 0 Å². The molecule has 4 nitrogen and oxygen atoms in total. The van der Waals surface area contributed by atoms with Crippen LogP contribution >= 0.6 is 11.8 Å². The summed E-state index contributed by atoms with van der Waals surface area (Å²) in [6.07, 6.45) is 4.58. The number of fused-ring (bicyclic) bond motifs is 5. The van der Waals surface area contributed by atoms with E-state index in [-0.39, 0.29) is 29.6 Å². The predicted octanol–water partition coefficient (Wildman–Crippen LogP) is 7.69. The van der Waals surface area contributed by atoms with E-state index in [1.807, 2.05) is 48.2 Å². The third-order valence-corrected chi connectivity index (χ3v) is 10.9. The summed E-state index contributed by atoms with van der Waals surface area (Å²) in [6, 6.07) is 38.0. The predicted molar refractivity (Wildman–Crippen MR) is 177 cm³/mol. The molecule has 212 valence electrons. The molecule has 4 atom stereocenters. The Morgan fingerprint density at radius 3 is 2.37 bits per heavy atom. The van der Waals surface area contributed by atoms with E-state index in [2.05, 4.69) is 89.1 Å². The number of benzene rings is 5. The smallest absolute Gasteiger partial charge is 0.245 e. The lowest BCUT2D eigenvalue weighted by molar-refractivity contribution is -0.130. The van der Waals surface area contributed by atoms with Crippen LogP contribution in [0.5, 0.6) is 0 Å². The SMILES string of the molecule is O=C(/C=C/c1ccc2ccccc2c1)C[C@H]1[C@H](c2ccc3ccccc3c2)[C@H]2CSCN2[C@@]12Cc1ccccc1NC2=O. The van der Waals surface area contributed by atoms with Crippen molar-refractivity contribution in [3.8, 4) is 0 Å². The van der Waals surface area contributed by atoms with Crippen molar-refractivity contribution in [1.82, 2.24) is 4.90 Å². The highest BCUT2D eigenvalue weighted by Gasteiger charge is 2.65. The number of rotatable bonds is 5. The summed E-state index contributed by atoms with van der Waals surface area (Å²) in [4.78, 5) is 30.6. The Bertz CT molecular complexity index is 1930. The molecule has 2 saturated heterocycles. The van der Waals surface area contributed by atoms with Crippen molar-refractivity contribution < 1.29 is 9.59 Å². The second-order valence-corrected chi connectivity index (χ2v) is 13.1. The molecule has 0 aliphatic carbocycles. The largest absolute Gasteiger partial charge is 0.324 e. The zero-order chi connectivity index (χ0) is 29.0. The van der Waals surface area contributed by atoms with Gasteiger partial charge in [-0.05, 0) is 56.4 Å². The number of amides is 1. The van der Waals surface area contributed by atoms with Crippen LogP contribution in [0.4, 0.5) is 5.69 Å². The van der Waals surface area contributed by atoms with E-state index in [1.54, 1.807) is 6.08 Å². The summed E-state index contributed by atoms with van der Waals surface area (Å²) in [5.41, 5.74) is 3.46. The zero-order valence-corrected chi connectivity index (χ0v) is 24.6. The molecule has 1 spiro atoms. The first-order valence-corrected chi connectivity index (χ1v) is 16.2. The summed E-state index contributed by atoms with van der Waals surface area (Å²) in [7, 11) is 0. The van der Waals surface area contributed by atoms with Crippen molar-refractivity contribution in [1.29, 1.82) is 0 Å². The van der Waals surface area contributed by atoms with E-state index < -0.39 is 5.54 Å². The molecule has 3 aliphatic heterocycles. The second kappa shape index (κ2) is 10.5. The van der Waals surface area contributed by atoms with Gasteiger partial charge in [-0.1, -0.05) is 103 Å². The minimum absolute atomic E-state index is 0.0262. The van der Waals surface area contributed by atoms with Crippen molar-refractivity contribution in [2.24, 2.45) is 5.92 Å². The minimum Gasteiger partial charge on any atom is -0.324 e. The van der Waals surface area contributed by atoms with E-state index in [9.17, 15) is 9.59 Å². The van der Waals surface area contributed by atoms with Gasteiger partial charge < -0.3 is 5.32 Å². The summed E-state index contributed by atoms with van der Waals surface area (Å²) < 4.78 is 0. The van der Waals surface area contributed by atoms with Crippen molar-refractivity contribution in [3.63, 3.8) is 0 Å². The van der Waals surface area contributed by atoms with Gasteiger partial charge in [-0.2, -0.15) is 0 Å². The van der Waals surface area contributed by atoms with E-state index in [0.29, 0.717) is 12.8 Å². The van der Waals surface area contributed by atoms with Crippen LogP contribution in [0.2, 0.25) is 0 Å². The molecule has 1 amide bonds. The molecule has 0 aromatic heterocycles. The van der Waals surface area contributed by atoms with Crippen LogP contribution in [0.25, 0.3) is 27.6 Å². The number of hydrogen-bond donors (Lipinski definition) is 1. The number of thioether (sulfide) groups is 1. The second-order valence-electron chi connectivity index (χ2n) is 12.1. The molecule has 5 aromatic rings. The lowest BCUT2D eigenvalue weighted by atomic mass is 9.69. The van der Waals surface area contributed by atoms with Gasteiger partial charge in [0.2, 0.25) is 5.91 Å². The Labute approximate surface area is 255 Å². The third kappa shape index (κ3) is 4.41. The third-order valence-electron chi connectivity index (χ3n) is 9.83. The molecule has 0 radical (unpaired) electrons. The molecule has 8 rings (SSSR count). The Morgan fingerprint density at radius 2 is 1.56 bits per heavy atom. The summed E-state index contributed by atoms with van der Waals surface area (Å²) in [6.45, 7) is 0. The normalized spacial score (nSPS) is 24.9. The topological polar surface area (TPSA) is 49.4 Å². The minimum atomic E-state index is -0.786. The van der Waals surface area contributed by atoms with Crippen LogP contribution in [0.1, 0.15) is 29.0 Å². The number of para-hydroxylation sites is 1. The van der Waals surface area contributed by atoms with E-state index in [4.69, 9.17) is 0 Å². The summed E-state index contributed by atoms with van der Waals surface area (Å²) in [5.74, 6) is 1.73. The van der Waals surface area contributed by atoms with Crippen LogP contribution in [0, 0.1) is 5.92 Å². The molecule has 2 fully saturated rings. The van der Waals surface area contributed by atoms with Gasteiger partial charge in [0, 0.05) is 48.0 Å². The maximum atomic E-state index is 14.3. The Balaban J connectivity index is 1.20. The number of nitrogens with one attached hydrogen (secondary N) is 1. The average molecular weight is 581 g/mol. The lowest BCUT2D eigenvalue weighted by Gasteiger charge is -2.44. The van der Waals surface area contributed by atoms with Crippen LogP contribution in [0.15, 0.2) is 115 Å². The number of carbonyl (C=O) groups excluding carboxylic acids is 2. The molecule has 5 aromatic carbocycles. The standard InChI is InChI=1S/C38H32N2O2S/c41-32(18-14-25-13-15-26-7-1-3-9-28(26)19-25)21-33-36(30-17-16-27-8-2-4-10-29(27)20-30)35-23-43-24-40(35)38(33)22-31-11-5-6-12-34(31)39-37(38)42/h1-20,33,35-36H,21-24H2,(H,39,42)/b18-14+/t33-,35+,36-,38-/m0/s1. The molecular formula is C38H32N2O2S. The van der Waals surface area contributed by atoms with Gasteiger partial charge in [-0.3, -0.25) is 14.5 Å². The van der Waals surface area contributed by atoms with Gasteiger partial charge in [0.1, 0.15) is 5.54 Å². The number of nitrogens with zero attached hydrogens (tertiary/aromatic N) is 1. The van der Waals surface area contributed by atoms with E-state index >= 15 is 0 Å². The number of allylic oxidation sites excluding steroid dienone is 1. The van der Waals surface area contributed by atoms with Gasteiger partial charge in [-0.25, -0.2) is 0 Å². The number of hydrogen-bond acceptors (Lipinski definition) is 4. The van der Waals surface area contributed by atoms with E-state index in [1.165, 1.54) is 21.7 Å². The number of ketones is 1. The molecule has 0 unspecified atom stereocenters. The van der Waals surface area contributed by atoms with Crippen molar-refractivity contribution in [3.05, 3.63) is 132 Å². The quantitative estimate of drug-likeness (QED) is 0.217. The first kappa shape index (κ1) is 26.4. The molecule has 0 bridgehead atoms. The van der Waals surface area contributed by atoms with Crippen molar-refractivity contribution >= 4 is 56.8 Å². The first-order chi connectivity index (χ1) is 21.1. The highest BCUT2D eigenvalue weighted by Crippen LogP contribution is 2.57. The average Bonchev–Trinajstić information content (AvgIpc) is 3.61. The fraction of sp³-hybridized carbons (Fsp3) is 0.211. The molecule has 3 aliphatic rings. The molecule has 0 saturated carbocycles. The Hall–Kier alpha value is -4.19. The maximum Gasteiger partial charge on any atom is 0.245 e. The van der Waals surface area contributed by atoms with Gasteiger partial charge in [-0.15, -0.1) is 11.8 Å². The highest BCUT2D eigenvalue weighted by molar-refractivity contribution is 7.99. The fourth-order valence-corrected chi connectivity index (χ4v) is 9.18. The zero-order valence-electron chi connectivity index (χ0n) is 23.8. The van der Waals surface area contributed by atoms with Gasteiger partial charge in [0.15, 0.2) is 5.78 Å². The number of anilines is 1. The molecule has 5 heteroatoms. The molecule has 1 N–H and O–H groups in total. The Kier molecular flexibility index (Phi) is 6.46. The van der Waals surface area contributed by atoms with E-state index in [0.717, 1.165) is 33.8 Å².